The predicted octanol–water partition coefficient (Wildman–Crippen LogP) is 5.47. The van der Waals surface area contributed by atoms with Gasteiger partial charge in [-0.1, -0.05) is 17.7 Å². The molecule has 0 spiro atoms. The predicted molar refractivity (Wildman–Crippen MR) is 151 cm³/mol. The van der Waals surface area contributed by atoms with Crippen LogP contribution in [0.3, 0.4) is 0 Å². The highest BCUT2D eigenvalue weighted by molar-refractivity contribution is 6.30. The number of nitrogens with zero attached hydrogens (tertiary/aromatic N) is 6. The second-order valence-electron chi connectivity index (χ2n) is 11.7. The van der Waals surface area contributed by atoms with Crippen LogP contribution >= 0.6 is 11.6 Å². The lowest BCUT2D eigenvalue weighted by atomic mass is 9.90. The third-order valence-electron chi connectivity index (χ3n) is 9.00. The summed E-state index contributed by atoms with van der Waals surface area (Å²) in [5.41, 5.74) is -0.309. The summed E-state index contributed by atoms with van der Waals surface area (Å²) in [7, 11) is 1.47. The lowest BCUT2D eigenvalue weighted by molar-refractivity contribution is -0.143. The Balaban J connectivity index is 0.947. The molecule has 1 aliphatic carbocycles. The Morgan fingerprint density at radius 3 is 2.58 bits per heavy atom. The Hall–Kier alpha value is -3.41. The monoisotopic (exact) mass is 620 g/mol. The number of aryl methyl sites for hydroxylation is 1. The highest BCUT2D eigenvalue weighted by atomic mass is 35.5. The zero-order valence-electron chi connectivity index (χ0n) is 23.8. The van der Waals surface area contributed by atoms with E-state index in [0.717, 1.165) is 38.3 Å². The highest BCUT2D eigenvalue weighted by Gasteiger charge is 2.43. The minimum absolute atomic E-state index is 0.00900. The van der Waals surface area contributed by atoms with Crippen molar-refractivity contribution >= 4 is 23.5 Å². The van der Waals surface area contributed by atoms with E-state index in [0.29, 0.717) is 40.8 Å². The minimum Gasteiger partial charge on any atom is -0.493 e. The molecule has 0 bridgehead atoms. The van der Waals surface area contributed by atoms with Gasteiger partial charge in [-0.15, -0.1) is 0 Å². The van der Waals surface area contributed by atoms with Crippen LogP contribution in [0.15, 0.2) is 30.6 Å². The number of ether oxygens (including phenoxy) is 1. The van der Waals surface area contributed by atoms with Crippen LogP contribution < -0.4 is 9.64 Å². The van der Waals surface area contributed by atoms with Crippen LogP contribution in [0.1, 0.15) is 48.2 Å². The zero-order valence-corrected chi connectivity index (χ0v) is 24.5. The average Bonchev–Trinajstić information content (AvgIpc) is 3.68. The number of hydrogen-bond acceptors (Lipinski definition) is 6. The molecule has 3 aliphatic rings. The molecule has 6 rings (SSSR count). The summed E-state index contributed by atoms with van der Waals surface area (Å²) in [5.74, 6) is 2.09. The first-order valence-electron chi connectivity index (χ1n) is 14.6. The maximum atomic E-state index is 14.9. The highest BCUT2D eigenvalue weighted by Crippen LogP contribution is 2.50. The lowest BCUT2D eigenvalue weighted by Gasteiger charge is -2.32. The molecule has 0 radical (unpaired) electrons. The van der Waals surface area contributed by atoms with Crippen LogP contribution in [0.5, 0.6) is 5.75 Å². The first-order chi connectivity index (χ1) is 20.6. The number of rotatable bonds is 8. The summed E-state index contributed by atoms with van der Waals surface area (Å²) in [6, 6.07) is 4.43. The van der Waals surface area contributed by atoms with Crippen molar-refractivity contribution in [3.63, 3.8) is 0 Å². The van der Waals surface area contributed by atoms with Crippen LogP contribution in [0.4, 0.5) is 23.5 Å². The molecule has 230 valence electrons. The van der Waals surface area contributed by atoms with E-state index in [1.807, 2.05) is 0 Å². The molecular weight excluding hydrogens is 588 g/mol. The molecule has 2 aromatic heterocycles. The molecule has 3 aromatic rings. The number of benzene rings is 1. The number of alkyl halides is 3. The molecular formula is C30H33ClF4N6O2. The maximum absolute atomic E-state index is 14.9. The quantitative estimate of drug-likeness (QED) is 0.311. The Morgan fingerprint density at radius 1 is 1.14 bits per heavy atom. The van der Waals surface area contributed by atoms with Gasteiger partial charge in [0.2, 0.25) is 11.9 Å². The van der Waals surface area contributed by atoms with Gasteiger partial charge in [0.05, 0.1) is 30.4 Å². The standard InChI is InChI=1S/C30H33ClF4N6O2/c1-39-26-6-10-41(17-24(26)28(38-39)30(33,34)35)27(42)13-20-2-3-22(14-25(20)32)43-11-7-19-12-23(19)18-4-8-40(9-5-18)29-36-15-21(31)16-37-29/h2-3,14-16,18-19,23H,4-13,17H2,1H3/t19-,23-/m1/s1. The Labute approximate surface area is 252 Å². The number of carbonyl (C=O) groups excluding carboxylic acids is 1. The smallest absolute Gasteiger partial charge is 0.435 e. The van der Waals surface area contributed by atoms with Gasteiger partial charge >= 0.3 is 6.18 Å². The summed E-state index contributed by atoms with van der Waals surface area (Å²) in [6.07, 6.45) is 2.94. The molecule has 13 heteroatoms. The molecule has 2 aliphatic heterocycles. The molecule has 1 aromatic carbocycles. The van der Waals surface area contributed by atoms with E-state index in [1.165, 1.54) is 35.2 Å². The first kappa shape index (κ1) is 29.7. The van der Waals surface area contributed by atoms with Crippen molar-refractivity contribution in [1.82, 2.24) is 24.6 Å². The second-order valence-corrected chi connectivity index (χ2v) is 12.1. The van der Waals surface area contributed by atoms with Gasteiger partial charge in [-0.05, 0) is 55.1 Å². The normalized spacial score (nSPS) is 20.7. The third kappa shape index (κ3) is 6.58. The van der Waals surface area contributed by atoms with Gasteiger partial charge < -0.3 is 14.5 Å². The number of carbonyl (C=O) groups is 1. The van der Waals surface area contributed by atoms with Crippen molar-refractivity contribution in [2.24, 2.45) is 24.8 Å². The zero-order chi connectivity index (χ0) is 30.3. The van der Waals surface area contributed by atoms with E-state index >= 15 is 0 Å². The van der Waals surface area contributed by atoms with Crippen molar-refractivity contribution in [3.8, 4) is 5.75 Å². The van der Waals surface area contributed by atoms with Crippen LogP contribution in [-0.2, 0) is 37.4 Å². The number of halogens is 5. The molecule has 1 saturated heterocycles. The van der Waals surface area contributed by atoms with E-state index in [4.69, 9.17) is 16.3 Å². The Morgan fingerprint density at radius 2 is 1.88 bits per heavy atom. The Bertz CT molecular complexity index is 1470. The molecule has 43 heavy (non-hydrogen) atoms. The molecule has 0 unspecified atom stereocenters. The molecule has 1 amide bonds. The van der Waals surface area contributed by atoms with Gasteiger partial charge in [0, 0.05) is 57.0 Å². The first-order valence-corrected chi connectivity index (χ1v) is 15.0. The van der Waals surface area contributed by atoms with Gasteiger partial charge in [-0.25, -0.2) is 14.4 Å². The molecule has 2 fully saturated rings. The van der Waals surface area contributed by atoms with Crippen LogP contribution in [-0.4, -0.2) is 56.8 Å². The van der Waals surface area contributed by atoms with Gasteiger partial charge in [-0.2, -0.15) is 18.3 Å². The number of amides is 1. The number of fused-ring (bicyclic) bond motifs is 1. The third-order valence-corrected chi connectivity index (χ3v) is 9.19. The van der Waals surface area contributed by atoms with Crippen LogP contribution in [0.25, 0.3) is 0 Å². The summed E-state index contributed by atoms with van der Waals surface area (Å²) in [5, 5.41) is 4.15. The van der Waals surface area contributed by atoms with Gasteiger partial charge in [0.15, 0.2) is 5.69 Å². The van der Waals surface area contributed by atoms with Gasteiger partial charge in [-0.3, -0.25) is 9.48 Å². The van der Waals surface area contributed by atoms with Crippen molar-refractivity contribution < 1.29 is 27.1 Å². The number of anilines is 1. The fourth-order valence-corrected chi connectivity index (χ4v) is 6.67. The largest absolute Gasteiger partial charge is 0.493 e. The number of aromatic nitrogens is 4. The van der Waals surface area contributed by atoms with Crippen LogP contribution in [0, 0.1) is 23.6 Å². The summed E-state index contributed by atoms with van der Waals surface area (Å²) < 4.78 is 62.2. The summed E-state index contributed by atoms with van der Waals surface area (Å²) in [6.45, 7) is 2.40. The van der Waals surface area contributed by atoms with Crippen molar-refractivity contribution in [1.29, 1.82) is 0 Å². The topological polar surface area (TPSA) is 76.4 Å². The fraction of sp³-hybridized carbons (Fsp3) is 0.533. The maximum Gasteiger partial charge on any atom is 0.435 e. The fourth-order valence-electron chi connectivity index (χ4n) is 6.57. The van der Waals surface area contributed by atoms with Gasteiger partial charge in [0.25, 0.3) is 0 Å². The van der Waals surface area contributed by atoms with Crippen molar-refractivity contribution in [2.75, 3.05) is 31.1 Å². The lowest BCUT2D eigenvalue weighted by Crippen LogP contribution is -2.37. The van der Waals surface area contributed by atoms with E-state index in [1.54, 1.807) is 18.5 Å². The average molecular weight is 621 g/mol. The van der Waals surface area contributed by atoms with E-state index in [-0.39, 0.29) is 37.1 Å². The van der Waals surface area contributed by atoms with Crippen LogP contribution in [0.2, 0.25) is 5.02 Å². The van der Waals surface area contributed by atoms with Crippen molar-refractivity contribution in [2.45, 2.75) is 51.2 Å². The summed E-state index contributed by atoms with van der Waals surface area (Å²) in [4.78, 5) is 25.1. The van der Waals surface area contributed by atoms with Crippen molar-refractivity contribution in [3.05, 3.63) is 63.9 Å². The Kier molecular flexibility index (Phi) is 8.23. The second kappa shape index (κ2) is 11.9. The van der Waals surface area contributed by atoms with E-state index < -0.39 is 23.6 Å². The number of piperidine rings is 1. The molecule has 0 N–H and O–H groups in total. The summed E-state index contributed by atoms with van der Waals surface area (Å²) >= 11 is 5.89. The number of hydrogen-bond donors (Lipinski definition) is 0. The van der Waals surface area contributed by atoms with E-state index in [9.17, 15) is 22.4 Å². The SMILES string of the molecule is Cn1nc(C(F)(F)F)c2c1CCN(C(=O)Cc1ccc(OCC[C@@H]3C[C@@H]3C3CCN(c4ncc(Cl)cn4)CC3)cc1F)C2. The van der Waals surface area contributed by atoms with Gasteiger partial charge in [0.1, 0.15) is 11.6 Å². The van der Waals surface area contributed by atoms with E-state index in [2.05, 4.69) is 20.0 Å². The molecule has 4 heterocycles. The molecule has 8 nitrogen and oxygen atoms in total. The molecule has 1 saturated carbocycles. The minimum atomic E-state index is -4.61. The molecule has 2 atom stereocenters.